The van der Waals surface area contributed by atoms with E-state index in [1.165, 1.54) is 6.42 Å². The summed E-state index contributed by atoms with van der Waals surface area (Å²) in [5, 5.41) is 0. The van der Waals surface area contributed by atoms with Crippen molar-refractivity contribution >= 4 is 21.7 Å². The van der Waals surface area contributed by atoms with Gasteiger partial charge < -0.3 is 0 Å². The van der Waals surface area contributed by atoms with Gasteiger partial charge in [-0.15, -0.1) is 0 Å². The van der Waals surface area contributed by atoms with Crippen LogP contribution in [0.4, 0.5) is 0 Å². The largest absolute Gasteiger partial charge is 0.292 e. The van der Waals surface area contributed by atoms with E-state index in [9.17, 15) is 4.79 Å². The summed E-state index contributed by atoms with van der Waals surface area (Å²) >= 11 is 3.34. The van der Waals surface area contributed by atoms with Crippen molar-refractivity contribution in [2.45, 2.75) is 19.3 Å². The highest BCUT2D eigenvalue weighted by molar-refractivity contribution is 9.10. The van der Waals surface area contributed by atoms with Crippen molar-refractivity contribution in [3.05, 3.63) is 28.5 Å². The number of carbonyl (C=O) groups excluding carboxylic acids is 1. The minimum atomic E-state index is 0.193. The van der Waals surface area contributed by atoms with Gasteiger partial charge in [0, 0.05) is 16.6 Å². The van der Waals surface area contributed by atoms with Crippen molar-refractivity contribution in [3.63, 3.8) is 0 Å². The number of ketones is 1. The number of rotatable bonds is 2. The van der Waals surface area contributed by atoms with Gasteiger partial charge in [0.05, 0.1) is 0 Å². The zero-order chi connectivity index (χ0) is 9.26. The van der Waals surface area contributed by atoms with Gasteiger partial charge in [-0.1, -0.05) is 6.42 Å². The van der Waals surface area contributed by atoms with E-state index < -0.39 is 0 Å². The van der Waals surface area contributed by atoms with E-state index in [0.717, 1.165) is 17.3 Å². The monoisotopic (exact) mass is 239 g/mol. The van der Waals surface area contributed by atoms with E-state index in [0.29, 0.717) is 5.69 Å². The van der Waals surface area contributed by atoms with Crippen molar-refractivity contribution in [1.82, 2.24) is 4.98 Å². The van der Waals surface area contributed by atoms with E-state index in [2.05, 4.69) is 20.9 Å². The Morgan fingerprint density at radius 1 is 1.54 bits per heavy atom. The maximum atomic E-state index is 11.8. The Hall–Kier alpha value is -0.700. The lowest BCUT2D eigenvalue weighted by atomic mass is 9.81. The molecule has 0 radical (unpaired) electrons. The van der Waals surface area contributed by atoms with Crippen LogP contribution in [0.5, 0.6) is 0 Å². The predicted octanol–water partition coefficient (Wildman–Crippen LogP) is 2.83. The molecule has 2 rings (SSSR count). The zero-order valence-corrected chi connectivity index (χ0v) is 8.75. The van der Waals surface area contributed by atoms with Gasteiger partial charge in [0.15, 0.2) is 5.78 Å². The second-order valence-corrected chi connectivity index (χ2v) is 4.18. The summed E-state index contributed by atoms with van der Waals surface area (Å²) in [4.78, 5) is 15.8. The molecule has 1 saturated carbocycles. The molecule has 1 aromatic heterocycles. The fourth-order valence-corrected chi connectivity index (χ4v) is 1.88. The number of hydrogen-bond acceptors (Lipinski definition) is 2. The molecule has 0 bridgehead atoms. The first-order chi connectivity index (χ1) is 6.29. The molecule has 0 spiro atoms. The molecule has 0 N–H and O–H groups in total. The molecular weight excluding hydrogens is 230 g/mol. The third-order valence-corrected chi connectivity index (χ3v) is 3.11. The van der Waals surface area contributed by atoms with Crippen molar-refractivity contribution in [2.75, 3.05) is 0 Å². The van der Waals surface area contributed by atoms with Crippen LogP contribution in [0.2, 0.25) is 0 Å². The van der Waals surface area contributed by atoms with Crippen LogP contribution in [0.1, 0.15) is 29.8 Å². The summed E-state index contributed by atoms with van der Waals surface area (Å²) in [5.74, 6) is 0.421. The topological polar surface area (TPSA) is 30.0 Å². The lowest BCUT2D eigenvalue weighted by molar-refractivity contribution is 0.0849. The SMILES string of the molecule is O=C(c1ncccc1Br)C1CCC1. The molecule has 1 aliphatic rings. The summed E-state index contributed by atoms with van der Waals surface area (Å²) in [6, 6.07) is 3.68. The summed E-state index contributed by atoms with van der Waals surface area (Å²) in [5.41, 5.74) is 0.590. The fourth-order valence-electron chi connectivity index (χ4n) is 1.43. The van der Waals surface area contributed by atoms with Crippen LogP contribution in [0.25, 0.3) is 0 Å². The molecule has 0 atom stereocenters. The first kappa shape index (κ1) is 8.88. The Bertz CT molecular complexity index is 333. The average Bonchev–Trinajstić information content (AvgIpc) is 2.01. The lowest BCUT2D eigenvalue weighted by Gasteiger charge is -2.23. The third kappa shape index (κ3) is 1.66. The Morgan fingerprint density at radius 2 is 2.31 bits per heavy atom. The second kappa shape index (κ2) is 3.58. The van der Waals surface area contributed by atoms with Crippen molar-refractivity contribution in [3.8, 4) is 0 Å². The fraction of sp³-hybridized carbons (Fsp3) is 0.400. The first-order valence-electron chi connectivity index (χ1n) is 4.44. The molecule has 1 heterocycles. The molecule has 0 unspecified atom stereocenters. The standard InChI is InChI=1S/C10H10BrNO/c11-8-5-2-6-12-9(8)10(13)7-3-1-4-7/h2,5-7H,1,3-4H2. The normalized spacial score (nSPS) is 16.7. The number of hydrogen-bond donors (Lipinski definition) is 0. The van der Waals surface area contributed by atoms with Gasteiger partial charge in [-0.3, -0.25) is 9.78 Å². The highest BCUT2D eigenvalue weighted by Gasteiger charge is 2.27. The van der Waals surface area contributed by atoms with E-state index in [1.54, 1.807) is 6.20 Å². The quantitative estimate of drug-likeness (QED) is 0.744. The van der Waals surface area contributed by atoms with Gasteiger partial charge in [-0.25, -0.2) is 0 Å². The predicted molar refractivity (Wildman–Crippen MR) is 53.6 cm³/mol. The molecule has 68 valence electrons. The van der Waals surface area contributed by atoms with Gasteiger partial charge in [0.1, 0.15) is 5.69 Å². The maximum Gasteiger partial charge on any atom is 0.185 e. The molecule has 0 aromatic carbocycles. The smallest absolute Gasteiger partial charge is 0.185 e. The van der Waals surface area contributed by atoms with Gasteiger partial charge >= 0.3 is 0 Å². The number of aromatic nitrogens is 1. The average molecular weight is 240 g/mol. The van der Waals surface area contributed by atoms with Crippen LogP contribution in [-0.2, 0) is 0 Å². The van der Waals surface area contributed by atoms with Crippen LogP contribution in [0, 0.1) is 5.92 Å². The molecule has 0 saturated heterocycles. The molecule has 0 amide bonds. The highest BCUT2D eigenvalue weighted by atomic mass is 79.9. The summed E-state index contributed by atoms with van der Waals surface area (Å²) in [7, 11) is 0. The number of halogens is 1. The molecular formula is C10H10BrNO. The Balaban J connectivity index is 2.24. The zero-order valence-electron chi connectivity index (χ0n) is 7.16. The molecule has 13 heavy (non-hydrogen) atoms. The van der Waals surface area contributed by atoms with E-state index in [-0.39, 0.29) is 11.7 Å². The highest BCUT2D eigenvalue weighted by Crippen LogP contribution is 2.30. The lowest BCUT2D eigenvalue weighted by Crippen LogP contribution is -2.23. The summed E-state index contributed by atoms with van der Waals surface area (Å²) in [6.45, 7) is 0. The van der Waals surface area contributed by atoms with Crippen LogP contribution < -0.4 is 0 Å². The van der Waals surface area contributed by atoms with E-state index in [1.807, 2.05) is 12.1 Å². The van der Waals surface area contributed by atoms with Gasteiger partial charge in [0.25, 0.3) is 0 Å². The second-order valence-electron chi connectivity index (χ2n) is 3.33. The maximum absolute atomic E-state index is 11.8. The van der Waals surface area contributed by atoms with Crippen molar-refractivity contribution in [1.29, 1.82) is 0 Å². The van der Waals surface area contributed by atoms with Crippen LogP contribution in [0.3, 0.4) is 0 Å². The molecule has 1 aliphatic carbocycles. The molecule has 3 heteroatoms. The van der Waals surface area contributed by atoms with Crippen LogP contribution >= 0.6 is 15.9 Å². The van der Waals surface area contributed by atoms with E-state index >= 15 is 0 Å². The van der Waals surface area contributed by atoms with Gasteiger partial charge in [0.2, 0.25) is 0 Å². The number of nitrogens with zero attached hydrogens (tertiary/aromatic N) is 1. The Kier molecular flexibility index (Phi) is 2.44. The molecule has 0 aliphatic heterocycles. The Morgan fingerprint density at radius 3 is 2.85 bits per heavy atom. The van der Waals surface area contributed by atoms with Crippen molar-refractivity contribution < 1.29 is 4.79 Å². The number of pyridine rings is 1. The number of carbonyl (C=O) groups is 1. The van der Waals surface area contributed by atoms with Crippen molar-refractivity contribution in [2.24, 2.45) is 5.92 Å². The molecule has 1 aromatic rings. The van der Waals surface area contributed by atoms with Gasteiger partial charge in [-0.2, -0.15) is 0 Å². The van der Waals surface area contributed by atoms with Gasteiger partial charge in [-0.05, 0) is 40.9 Å². The summed E-state index contributed by atoms with van der Waals surface area (Å²) < 4.78 is 0.812. The number of Topliss-reactive ketones (excluding diaryl/α,β-unsaturated/α-hetero) is 1. The molecule has 2 nitrogen and oxygen atoms in total. The van der Waals surface area contributed by atoms with Crippen LogP contribution in [-0.4, -0.2) is 10.8 Å². The Labute approximate surface area is 85.5 Å². The van der Waals surface area contributed by atoms with Crippen LogP contribution in [0.15, 0.2) is 22.8 Å². The van der Waals surface area contributed by atoms with E-state index in [4.69, 9.17) is 0 Å². The summed E-state index contributed by atoms with van der Waals surface area (Å²) in [6.07, 6.45) is 4.90. The first-order valence-corrected chi connectivity index (χ1v) is 5.23. The third-order valence-electron chi connectivity index (χ3n) is 2.47. The minimum Gasteiger partial charge on any atom is -0.292 e. The minimum absolute atomic E-state index is 0.193. The molecule has 1 fully saturated rings.